The molecule has 0 saturated carbocycles. The van der Waals surface area contributed by atoms with Crippen molar-refractivity contribution in [3.05, 3.63) is 60.2 Å². The summed E-state index contributed by atoms with van der Waals surface area (Å²) in [6, 6.07) is 17.3. The Morgan fingerprint density at radius 1 is 0.889 bits per heavy atom. The van der Waals surface area contributed by atoms with Crippen molar-refractivity contribution in [1.29, 1.82) is 0 Å². The van der Waals surface area contributed by atoms with Crippen LogP contribution >= 0.6 is 0 Å². The minimum Gasteiger partial charge on any atom is -0.366 e. The Hall–Kier alpha value is -2.09. The number of hydrogen-bond donors (Lipinski definition) is 1. The maximum Gasteiger partial charge on any atom is 0.248 e. The van der Waals surface area contributed by atoms with E-state index in [-0.39, 0.29) is 0 Å². The van der Waals surface area contributed by atoms with E-state index in [1.165, 1.54) is 6.42 Å². The second-order valence-electron chi connectivity index (χ2n) is 4.01. The molecule has 2 aromatic carbocycles. The van der Waals surface area contributed by atoms with Crippen LogP contribution in [0.5, 0.6) is 0 Å². The van der Waals surface area contributed by atoms with Crippen LogP contribution in [0.3, 0.4) is 0 Å². The first kappa shape index (κ1) is 14.0. The first-order valence-corrected chi connectivity index (χ1v) is 6.14. The third kappa shape index (κ3) is 4.06. The van der Waals surface area contributed by atoms with Gasteiger partial charge in [-0.25, -0.2) is 0 Å². The van der Waals surface area contributed by atoms with Gasteiger partial charge in [0, 0.05) is 5.56 Å². The zero-order valence-electron chi connectivity index (χ0n) is 10.9. The van der Waals surface area contributed by atoms with Crippen molar-refractivity contribution in [1.82, 2.24) is 0 Å². The molecule has 0 radical (unpaired) electrons. The molecule has 0 aliphatic carbocycles. The molecule has 94 valence electrons. The number of carbonyl (C=O) groups is 1. The molecular formula is C16H19NO. The first-order valence-electron chi connectivity index (χ1n) is 6.14. The van der Waals surface area contributed by atoms with Crippen LogP contribution in [0.25, 0.3) is 11.1 Å². The van der Waals surface area contributed by atoms with E-state index in [1.807, 2.05) is 42.5 Å². The zero-order valence-corrected chi connectivity index (χ0v) is 10.9. The molecule has 18 heavy (non-hydrogen) atoms. The van der Waals surface area contributed by atoms with Gasteiger partial charge in [-0.1, -0.05) is 62.7 Å². The summed E-state index contributed by atoms with van der Waals surface area (Å²) >= 11 is 0. The largest absolute Gasteiger partial charge is 0.366 e. The van der Waals surface area contributed by atoms with E-state index < -0.39 is 5.91 Å². The van der Waals surface area contributed by atoms with Crippen LogP contribution in [0.2, 0.25) is 0 Å². The lowest BCUT2D eigenvalue weighted by Gasteiger charge is -2.01. The summed E-state index contributed by atoms with van der Waals surface area (Å²) in [5.74, 6) is -0.394. The fourth-order valence-corrected chi connectivity index (χ4v) is 1.46. The van der Waals surface area contributed by atoms with Crippen molar-refractivity contribution < 1.29 is 4.79 Å². The van der Waals surface area contributed by atoms with E-state index in [4.69, 9.17) is 5.73 Å². The molecule has 0 fully saturated rings. The van der Waals surface area contributed by atoms with E-state index in [2.05, 4.69) is 13.8 Å². The number of amides is 1. The highest BCUT2D eigenvalue weighted by Crippen LogP contribution is 2.18. The van der Waals surface area contributed by atoms with E-state index >= 15 is 0 Å². The van der Waals surface area contributed by atoms with Crippen molar-refractivity contribution >= 4 is 5.91 Å². The van der Waals surface area contributed by atoms with E-state index in [9.17, 15) is 4.79 Å². The Kier molecular flexibility index (Phi) is 5.65. The Morgan fingerprint density at radius 3 is 1.78 bits per heavy atom. The van der Waals surface area contributed by atoms with Crippen LogP contribution in [0, 0.1) is 0 Å². The summed E-state index contributed by atoms with van der Waals surface area (Å²) in [5.41, 5.74) is 7.92. The maximum absolute atomic E-state index is 10.9. The number of nitrogens with two attached hydrogens (primary N) is 1. The second-order valence-corrected chi connectivity index (χ2v) is 4.01. The summed E-state index contributed by atoms with van der Waals surface area (Å²) in [6.07, 6.45) is 1.25. The molecule has 0 unspecified atom stereocenters. The van der Waals surface area contributed by atoms with E-state index in [0.29, 0.717) is 5.56 Å². The standard InChI is InChI=1S/C13H11NO.C3H8/c14-13(15)12-8-6-11(7-9-12)10-4-2-1-3-5-10;1-3-2/h1-9H,(H2,14,15);3H2,1-2H3. The first-order chi connectivity index (χ1) is 8.69. The molecule has 2 N–H and O–H groups in total. The average Bonchev–Trinajstić information content (AvgIpc) is 2.41. The SMILES string of the molecule is CCC.NC(=O)c1ccc(-c2ccccc2)cc1. The van der Waals surface area contributed by atoms with Crippen molar-refractivity contribution in [2.45, 2.75) is 20.3 Å². The molecule has 2 nitrogen and oxygen atoms in total. The highest BCUT2D eigenvalue weighted by atomic mass is 16.1. The van der Waals surface area contributed by atoms with Crippen molar-refractivity contribution in [3.8, 4) is 11.1 Å². The van der Waals surface area contributed by atoms with Crippen molar-refractivity contribution in [2.24, 2.45) is 5.73 Å². The lowest BCUT2D eigenvalue weighted by molar-refractivity contribution is 0.100. The number of primary amides is 1. The van der Waals surface area contributed by atoms with Crippen molar-refractivity contribution in [2.75, 3.05) is 0 Å². The molecule has 0 aliphatic rings. The molecule has 0 heterocycles. The molecule has 0 aromatic heterocycles. The smallest absolute Gasteiger partial charge is 0.248 e. The quantitative estimate of drug-likeness (QED) is 0.852. The minimum absolute atomic E-state index is 0.394. The molecule has 2 rings (SSSR count). The fourth-order valence-electron chi connectivity index (χ4n) is 1.46. The molecule has 0 bridgehead atoms. The molecule has 0 spiro atoms. The van der Waals surface area contributed by atoms with Crippen LogP contribution in [0.15, 0.2) is 54.6 Å². The van der Waals surface area contributed by atoms with Gasteiger partial charge in [0.2, 0.25) is 5.91 Å². The maximum atomic E-state index is 10.9. The molecular weight excluding hydrogens is 222 g/mol. The monoisotopic (exact) mass is 241 g/mol. The van der Waals surface area contributed by atoms with Crippen LogP contribution in [-0.4, -0.2) is 5.91 Å². The number of rotatable bonds is 2. The van der Waals surface area contributed by atoms with Gasteiger partial charge in [0.1, 0.15) is 0 Å². The van der Waals surface area contributed by atoms with Crippen molar-refractivity contribution in [3.63, 3.8) is 0 Å². The van der Waals surface area contributed by atoms with Gasteiger partial charge in [-0.15, -0.1) is 0 Å². The summed E-state index contributed by atoms with van der Waals surface area (Å²) in [4.78, 5) is 10.9. The van der Waals surface area contributed by atoms with Gasteiger partial charge in [0.15, 0.2) is 0 Å². The topological polar surface area (TPSA) is 43.1 Å². The zero-order chi connectivity index (χ0) is 13.4. The Labute approximate surface area is 108 Å². The van der Waals surface area contributed by atoms with E-state index in [0.717, 1.165) is 11.1 Å². The third-order valence-corrected chi connectivity index (χ3v) is 2.28. The molecule has 0 saturated heterocycles. The average molecular weight is 241 g/mol. The molecule has 0 atom stereocenters. The molecule has 2 aromatic rings. The van der Waals surface area contributed by atoms with E-state index in [1.54, 1.807) is 12.1 Å². The summed E-state index contributed by atoms with van der Waals surface area (Å²) in [6.45, 7) is 4.25. The molecule has 2 heteroatoms. The van der Waals surface area contributed by atoms with Gasteiger partial charge in [0.25, 0.3) is 0 Å². The van der Waals surface area contributed by atoms with Crippen LogP contribution in [-0.2, 0) is 0 Å². The van der Waals surface area contributed by atoms with Crippen LogP contribution in [0.1, 0.15) is 30.6 Å². The second kappa shape index (κ2) is 7.28. The Morgan fingerprint density at radius 2 is 1.33 bits per heavy atom. The van der Waals surface area contributed by atoms with Gasteiger partial charge in [0.05, 0.1) is 0 Å². The number of hydrogen-bond acceptors (Lipinski definition) is 1. The number of carbonyl (C=O) groups excluding carboxylic acids is 1. The molecule has 0 aliphatic heterocycles. The van der Waals surface area contributed by atoms with Crippen LogP contribution < -0.4 is 5.73 Å². The van der Waals surface area contributed by atoms with Gasteiger partial charge < -0.3 is 5.73 Å². The highest BCUT2D eigenvalue weighted by molar-refractivity contribution is 5.93. The highest BCUT2D eigenvalue weighted by Gasteiger charge is 2.00. The minimum atomic E-state index is -0.394. The molecule has 1 amide bonds. The summed E-state index contributed by atoms with van der Waals surface area (Å²) in [5, 5.41) is 0. The Bertz CT molecular complexity index is 474. The lowest BCUT2D eigenvalue weighted by Crippen LogP contribution is -2.10. The lowest BCUT2D eigenvalue weighted by atomic mass is 10.0. The Balaban J connectivity index is 0.000000492. The summed E-state index contributed by atoms with van der Waals surface area (Å²) < 4.78 is 0. The predicted molar refractivity (Wildman–Crippen MR) is 76.4 cm³/mol. The normalized spacial score (nSPS) is 9.22. The number of benzene rings is 2. The van der Waals surface area contributed by atoms with Gasteiger partial charge in [-0.05, 0) is 23.3 Å². The van der Waals surface area contributed by atoms with Gasteiger partial charge in [-0.3, -0.25) is 4.79 Å². The predicted octanol–water partition coefficient (Wildman–Crippen LogP) is 3.87. The van der Waals surface area contributed by atoms with Gasteiger partial charge >= 0.3 is 0 Å². The van der Waals surface area contributed by atoms with Gasteiger partial charge in [-0.2, -0.15) is 0 Å². The third-order valence-electron chi connectivity index (χ3n) is 2.28. The van der Waals surface area contributed by atoms with Crippen LogP contribution in [0.4, 0.5) is 0 Å². The fraction of sp³-hybridized carbons (Fsp3) is 0.188. The summed E-state index contributed by atoms with van der Waals surface area (Å²) in [7, 11) is 0.